The predicted octanol–water partition coefficient (Wildman–Crippen LogP) is 14.8. The first-order valence-electron chi connectivity index (χ1n) is 19.8. The molecule has 0 amide bonds. The topological polar surface area (TPSA) is 22.3 Å². The standard InChI is InChI=1S/C54H35N3O/c1-4-14-36(15-5-1)38-28-32-48-46(34-38)47-35-42(55(39-16-6-2-7-17-39)40-18-8-3-9-19-40)31-33-49(47)56(48)41-29-26-37(27-30-41)43-20-12-21-44-45-22-13-25-52-54(45)57(53(43)44)50-23-10-11-24-51(50)58-52/h1-35H. The summed E-state index contributed by atoms with van der Waals surface area (Å²) in [6, 6.07) is 76.2. The van der Waals surface area contributed by atoms with Crippen LogP contribution in [0.15, 0.2) is 212 Å². The first-order valence-corrected chi connectivity index (χ1v) is 19.8. The number of rotatable bonds is 6. The maximum Gasteiger partial charge on any atom is 0.152 e. The number of fused-ring (bicyclic) bond motifs is 8. The molecule has 9 aromatic carbocycles. The van der Waals surface area contributed by atoms with E-state index >= 15 is 0 Å². The minimum absolute atomic E-state index is 0.866. The van der Waals surface area contributed by atoms with Crippen molar-refractivity contribution in [2.45, 2.75) is 0 Å². The Hall–Kier alpha value is -7.82. The summed E-state index contributed by atoms with van der Waals surface area (Å²) in [4.78, 5) is 2.34. The van der Waals surface area contributed by atoms with Gasteiger partial charge in [0, 0.05) is 49.9 Å². The summed E-state index contributed by atoms with van der Waals surface area (Å²) in [6.07, 6.45) is 0. The molecule has 4 nitrogen and oxygen atoms in total. The first kappa shape index (κ1) is 32.4. The van der Waals surface area contributed by atoms with Crippen molar-refractivity contribution in [3.8, 4) is 45.1 Å². The van der Waals surface area contributed by atoms with Gasteiger partial charge in [0.15, 0.2) is 11.5 Å². The van der Waals surface area contributed by atoms with Gasteiger partial charge in [-0.25, -0.2) is 0 Å². The maximum absolute atomic E-state index is 6.42. The number of ether oxygens (including phenoxy) is 1. The van der Waals surface area contributed by atoms with Crippen LogP contribution in [0.2, 0.25) is 0 Å². The van der Waals surface area contributed by atoms with Crippen LogP contribution in [0.25, 0.3) is 77.2 Å². The predicted molar refractivity (Wildman–Crippen MR) is 241 cm³/mol. The number of benzene rings is 9. The van der Waals surface area contributed by atoms with E-state index in [2.05, 4.69) is 220 Å². The number of anilines is 3. The van der Waals surface area contributed by atoms with Crippen molar-refractivity contribution in [2.75, 3.05) is 4.90 Å². The molecule has 3 heterocycles. The van der Waals surface area contributed by atoms with Gasteiger partial charge in [-0.15, -0.1) is 0 Å². The summed E-state index contributed by atoms with van der Waals surface area (Å²) < 4.78 is 11.2. The molecule has 0 saturated heterocycles. The number of hydrogen-bond acceptors (Lipinski definition) is 2. The largest absolute Gasteiger partial charge is 0.453 e. The second-order valence-electron chi connectivity index (χ2n) is 14.9. The van der Waals surface area contributed by atoms with Crippen LogP contribution in [0.3, 0.4) is 0 Å². The third kappa shape index (κ3) is 4.95. The summed E-state index contributed by atoms with van der Waals surface area (Å²) >= 11 is 0. The van der Waals surface area contributed by atoms with E-state index in [4.69, 9.17) is 4.74 Å². The van der Waals surface area contributed by atoms with Gasteiger partial charge in [-0.3, -0.25) is 0 Å². The molecule has 0 radical (unpaired) electrons. The van der Waals surface area contributed by atoms with Crippen molar-refractivity contribution in [2.24, 2.45) is 0 Å². The van der Waals surface area contributed by atoms with Crippen molar-refractivity contribution < 1.29 is 4.74 Å². The van der Waals surface area contributed by atoms with E-state index in [0.717, 1.165) is 56.5 Å². The van der Waals surface area contributed by atoms with Gasteiger partial charge in [0.1, 0.15) is 0 Å². The quantitative estimate of drug-likeness (QED) is 0.169. The van der Waals surface area contributed by atoms with Crippen LogP contribution in [-0.4, -0.2) is 9.13 Å². The highest BCUT2D eigenvalue weighted by Crippen LogP contribution is 2.48. The van der Waals surface area contributed by atoms with Gasteiger partial charge < -0.3 is 18.8 Å². The van der Waals surface area contributed by atoms with Crippen LogP contribution in [0, 0.1) is 0 Å². The Kier molecular flexibility index (Phi) is 7.20. The molecule has 0 aliphatic carbocycles. The molecular weight excluding hydrogens is 707 g/mol. The maximum atomic E-state index is 6.42. The monoisotopic (exact) mass is 741 g/mol. The zero-order valence-electron chi connectivity index (χ0n) is 31.5. The molecule has 0 fully saturated rings. The molecular formula is C54H35N3O. The molecule has 0 spiro atoms. The van der Waals surface area contributed by atoms with Crippen molar-refractivity contribution in [3.05, 3.63) is 212 Å². The van der Waals surface area contributed by atoms with Crippen LogP contribution < -0.4 is 9.64 Å². The highest BCUT2D eigenvalue weighted by atomic mass is 16.5. The highest BCUT2D eigenvalue weighted by molar-refractivity contribution is 6.16. The lowest BCUT2D eigenvalue weighted by Gasteiger charge is -2.25. The fourth-order valence-electron chi connectivity index (χ4n) is 9.12. The van der Waals surface area contributed by atoms with Crippen LogP contribution in [-0.2, 0) is 0 Å². The molecule has 12 rings (SSSR count). The van der Waals surface area contributed by atoms with E-state index in [0.29, 0.717) is 0 Å². The number of aromatic nitrogens is 2. The molecule has 0 N–H and O–H groups in total. The first-order chi connectivity index (χ1) is 28.8. The van der Waals surface area contributed by atoms with E-state index < -0.39 is 0 Å². The summed E-state index contributed by atoms with van der Waals surface area (Å²) in [5, 5.41) is 4.82. The Bertz CT molecular complexity index is 3310. The van der Waals surface area contributed by atoms with Crippen LogP contribution in [0.4, 0.5) is 17.1 Å². The van der Waals surface area contributed by atoms with Gasteiger partial charge in [0.25, 0.3) is 0 Å². The van der Waals surface area contributed by atoms with Crippen molar-refractivity contribution in [1.82, 2.24) is 9.13 Å². The Labute approximate surface area is 335 Å². The highest BCUT2D eigenvalue weighted by Gasteiger charge is 2.25. The van der Waals surface area contributed by atoms with Gasteiger partial charge in [-0.2, -0.15) is 0 Å². The lowest BCUT2D eigenvalue weighted by atomic mass is 10.0. The molecule has 272 valence electrons. The fraction of sp³-hybridized carbons (Fsp3) is 0. The van der Waals surface area contributed by atoms with Crippen molar-refractivity contribution in [3.63, 3.8) is 0 Å². The minimum Gasteiger partial charge on any atom is -0.453 e. The minimum atomic E-state index is 0.866. The van der Waals surface area contributed by atoms with Gasteiger partial charge in [0.2, 0.25) is 0 Å². The number of nitrogens with zero attached hydrogens (tertiary/aromatic N) is 3. The average molecular weight is 742 g/mol. The summed E-state index contributed by atoms with van der Waals surface area (Å²) in [5.41, 5.74) is 14.9. The van der Waals surface area contributed by atoms with Crippen LogP contribution >= 0.6 is 0 Å². The number of hydrogen-bond donors (Lipinski definition) is 0. The molecule has 0 unspecified atom stereocenters. The van der Waals surface area contributed by atoms with Crippen LogP contribution in [0.5, 0.6) is 11.5 Å². The molecule has 2 aromatic heterocycles. The van der Waals surface area contributed by atoms with Gasteiger partial charge in [-0.1, -0.05) is 127 Å². The smallest absolute Gasteiger partial charge is 0.152 e. The summed E-state index contributed by atoms with van der Waals surface area (Å²) in [5.74, 6) is 1.75. The Balaban J connectivity index is 1.05. The third-order valence-corrected chi connectivity index (χ3v) is 11.7. The lowest BCUT2D eigenvalue weighted by Crippen LogP contribution is -2.09. The van der Waals surface area contributed by atoms with E-state index in [-0.39, 0.29) is 0 Å². The van der Waals surface area contributed by atoms with Crippen molar-refractivity contribution >= 4 is 60.7 Å². The fourth-order valence-corrected chi connectivity index (χ4v) is 9.12. The molecule has 4 heteroatoms. The normalized spacial score (nSPS) is 11.9. The van der Waals surface area contributed by atoms with Gasteiger partial charge in [-0.05, 0) is 102 Å². The Morgan fingerprint density at radius 2 is 0.931 bits per heavy atom. The SMILES string of the molecule is c1ccc(-c2ccc3c(c2)c2cc(N(c4ccccc4)c4ccccc4)ccc2n3-c2ccc(-c3cccc4c5cccc6c5n(c34)-c3ccccc3O6)cc2)cc1. The molecule has 1 aliphatic heterocycles. The van der Waals surface area contributed by atoms with Crippen LogP contribution in [0.1, 0.15) is 0 Å². The van der Waals surface area contributed by atoms with Gasteiger partial charge >= 0.3 is 0 Å². The molecule has 0 saturated carbocycles. The lowest BCUT2D eigenvalue weighted by molar-refractivity contribution is 0.476. The van der Waals surface area contributed by atoms with E-state index in [1.54, 1.807) is 0 Å². The van der Waals surface area contributed by atoms with E-state index in [9.17, 15) is 0 Å². The molecule has 0 atom stereocenters. The summed E-state index contributed by atoms with van der Waals surface area (Å²) in [6.45, 7) is 0. The Morgan fingerprint density at radius 1 is 0.345 bits per heavy atom. The van der Waals surface area contributed by atoms with E-state index in [1.807, 2.05) is 6.07 Å². The molecule has 58 heavy (non-hydrogen) atoms. The number of para-hydroxylation sites is 6. The molecule has 0 bridgehead atoms. The Morgan fingerprint density at radius 3 is 1.67 bits per heavy atom. The second-order valence-corrected chi connectivity index (χ2v) is 14.9. The molecule has 1 aliphatic rings. The molecule has 11 aromatic rings. The zero-order chi connectivity index (χ0) is 38.2. The van der Waals surface area contributed by atoms with Crippen molar-refractivity contribution in [1.29, 1.82) is 0 Å². The summed E-state index contributed by atoms with van der Waals surface area (Å²) in [7, 11) is 0. The average Bonchev–Trinajstić information content (AvgIpc) is 3.81. The second kappa shape index (κ2) is 12.9. The zero-order valence-corrected chi connectivity index (χ0v) is 31.5. The third-order valence-electron chi connectivity index (χ3n) is 11.7. The van der Waals surface area contributed by atoms with Gasteiger partial charge in [0.05, 0.1) is 27.8 Å². The van der Waals surface area contributed by atoms with E-state index in [1.165, 1.54) is 49.3 Å².